The Morgan fingerprint density at radius 1 is 1.16 bits per heavy atom. The average molecular weight is 282 g/mol. The Kier molecular flexibility index (Phi) is 4.28. The first-order chi connectivity index (χ1) is 9.06. The number of hydrogen-bond donors (Lipinski definition) is 0. The highest BCUT2D eigenvalue weighted by atomic mass is 35.5. The van der Waals surface area contributed by atoms with Gasteiger partial charge >= 0.3 is 0 Å². The van der Waals surface area contributed by atoms with Crippen LogP contribution < -0.4 is 4.90 Å². The summed E-state index contributed by atoms with van der Waals surface area (Å²) in [7, 11) is 5.96. The molecule has 0 spiro atoms. The SMILES string of the molecule is CN(C)CCN(C)c1nc(Cl)nc(-n2ccnc2)n1. The predicted octanol–water partition coefficient (Wildman–Crippen LogP) is 0.708. The van der Waals surface area contributed by atoms with Gasteiger partial charge in [0, 0.05) is 32.5 Å². The van der Waals surface area contributed by atoms with E-state index in [0.717, 1.165) is 13.1 Å². The number of aromatic nitrogens is 5. The molecule has 0 aromatic carbocycles. The predicted molar refractivity (Wildman–Crippen MR) is 73.8 cm³/mol. The maximum absolute atomic E-state index is 5.94. The van der Waals surface area contributed by atoms with Gasteiger partial charge in [-0.3, -0.25) is 4.57 Å². The minimum absolute atomic E-state index is 0.172. The number of anilines is 1. The second-order valence-corrected chi connectivity index (χ2v) is 4.74. The van der Waals surface area contributed by atoms with E-state index < -0.39 is 0 Å². The summed E-state index contributed by atoms with van der Waals surface area (Å²) in [5.41, 5.74) is 0. The quantitative estimate of drug-likeness (QED) is 0.804. The minimum Gasteiger partial charge on any atom is -0.342 e. The van der Waals surface area contributed by atoms with Gasteiger partial charge in [0.05, 0.1) is 0 Å². The minimum atomic E-state index is 0.172. The van der Waals surface area contributed by atoms with Gasteiger partial charge in [-0.15, -0.1) is 0 Å². The molecule has 0 aliphatic heterocycles. The van der Waals surface area contributed by atoms with Crippen molar-refractivity contribution in [1.29, 1.82) is 0 Å². The molecule has 2 heterocycles. The Balaban J connectivity index is 2.21. The standard InChI is InChI=1S/C11H16ClN7/c1-17(2)6-7-18(3)10-14-9(12)15-11(16-10)19-5-4-13-8-19/h4-5,8H,6-7H2,1-3H3. The summed E-state index contributed by atoms with van der Waals surface area (Å²) in [4.78, 5) is 20.6. The first-order valence-corrected chi connectivity index (χ1v) is 6.20. The molecule has 19 heavy (non-hydrogen) atoms. The van der Waals surface area contributed by atoms with Gasteiger partial charge < -0.3 is 9.80 Å². The monoisotopic (exact) mass is 281 g/mol. The third-order valence-electron chi connectivity index (χ3n) is 2.54. The van der Waals surface area contributed by atoms with E-state index in [4.69, 9.17) is 11.6 Å². The van der Waals surface area contributed by atoms with Gasteiger partial charge in [0.1, 0.15) is 6.33 Å². The molecule has 0 bridgehead atoms. The summed E-state index contributed by atoms with van der Waals surface area (Å²) in [6.45, 7) is 1.71. The van der Waals surface area contributed by atoms with Crippen LogP contribution in [0.3, 0.4) is 0 Å². The average Bonchev–Trinajstić information content (AvgIpc) is 2.89. The lowest BCUT2D eigenvalue weighted by atomic mass is 10.5. The fourth-order valence-electron chi connectivity index (χ4n) is 1.44. The molecule has 0 radical (unpaired) electrons. The molecular weight excluding hydrogens is 266 g/mol. The zero-order chi connectivity index (χ0) is 13.8. The third kappa shape index (κ3) is 3.62. The van der Waals surface area contributed by atoms with Gasteiger partial charge in [0.2, 0.25) is 17.2 Å². The van der Waals surface area contributed by atoms with Crippen molar-refractivity contribution in [2.24, 2.45) is 0 Å². The number of hydrogen-bond acceptors (Lipinski definition) is 6. The molecule has 2 aromatic heterocycles. The lowest BCUT2D eigenvalue weighted by Gasteiger charge is -2.19. The normalized spacial score (nSPS) is 11.0. The van der Waals surface area contributed by atoms with Crippen LogP contribution in [0.4, 0.5) is 5.95 Å². The second-order valence-electron chi connectivity index (χ2n) is 4.40. The summed E-state index contributed by atoms with van der Waals surface area (Å²) in [5.74, 6) is 1.01. The van der Waals surface area contributed by atoms with E-state index in [-0.39, 0.29) is 5.28 Å². The second kappa shape index (κ2) is 5.94. The lowest BCUT2D eigenvalue weighted by Crippen LogP contribution is -2.30. The van der Waals surface area contributed by atoms with Gasteiger partial charge in [-0.1, -0.05) is 0 Å². The van der Waals surface area contributed by atoms with E-state index >= 15 is 0 Å². The smallest absolute Gasteiger partial charge is 0.241 e. The first kappa shape index (κ1) is 13.7. The largest absolute Gasteiger partial charge is 0.342 e. The number of halogens is 1. The number of nitrogens with zero attached hydrogens (tertiary/aromatic N) is 7. The summed E-state index contributed by atoms with van der Waals surface area (Å²) in [6, 6.07) is 0. The summed E-state index contributed by atoms with van der Waals surface area (Å²) < 4.78 is 1.69. The van der Waals surface area contributed by atoms with Crippen molar-refractivity contribution in [2.75, 3.05) is 39.1 Å². The van der Waals surface area contributed by atoms with Crippen LogP contribution in [-0.4, -0.2) is 63.6 Å². The van der Waals surface area contributed by atoms with Crippen molar-refractivity contribution in [1.82, 2.24) is 29.4 Å². The fourth-order valence-corrected chi connectivity index (χ4v) is 1.59. The molecule has 0 amide bonds. The van der Waals surface area contributed by atoms with Crippen LogP contribution >= 0.6 is 11.6 Å². The van der Waals surface area contributed by atoms with E-state index in [1.807, 2.05) is 26.0 Å². The Bertz CT molecular complexity index is 526. The number of rotatable bonds is 5. The Hall–Kier alpha value is -1.73. The molecule has 7 nitrogen and oxygen atoms in total. The van der Waals surface area contributed by atoms with Crippen LogP contribution in [-0.2, 0) is 0 Å². The van der Waals surface area contributed by atoms with E-state index in [0.29, 0.717) is 11.9 Å². The molecule has 2 aromatic rings. The number of imidazole rings is 1. The topological polar surface area (TPSA) is 63.0 Å². The molecule has 8 heteroatoms. The summed E-state index contributed by atoms with van der Waals surface area (Å²) >= 11 is 5.94. The molecule has 0 saturated heterocycles. The molecule has 102 valence electrons. The van der Waals surface area contributed by atoms with Crippen LogP contribution in [0.5, 0.6) is 0 Å². The van der Waals surface area contributed by atoms with E-state index in [2.05, 4.69) is 24.8 Å². The van der Waals surface area contributed by atoms with E-state index in [1.165, 1.54) is 0 Å². The van der Waals surface area contributed by atoms with Crippen LogP contribution in [0.15, 0.2) is 18.7 Å². The Morgan fingerprint density at radius 3 is 2.58 bits per heavy atom. The molecular formula is C11H16ClN7. The summed E-state index contributed by atoms with van der Waals surface area (Å²) in [6.07, 6.45) is 5.04. The van der Waals surface area contributed by atoms with Crippen molar-refractivity contribution in [3.63, 3.8) is 0 Å². The van der Waals surface area contributed by atoms with Crippen molar-refractivity contribution >= 4 is 17.5 Å². The van der Waals surface area contributed by atoms with Gasteiger partial charge in [-0.05, 0) is 25.7 Å². The molecule has 0 aliphatic rings. The van der Waals surface area contributed by atoms with Gasteiger partial charge in [0.25, 0.3) is 0 Å². The lowest BCUT2D eigenvalue weighted by molar-refractivity contribution is 0.415. The van der Waals surface area contributed by atoms with Crippen LogP contribution in [0.2, 0.25) is 5.28 Å². The molecule has 0 saturated carbocycles. The Morgan fingerprint density at radius 2 is 1.95 bits per heavy atom. The molecule has 0 fully saturated rings. The molecule has 2 rings (SSSR count). The van der Waals surface area contributed by atoms with Crippen LogP contribution in [0.1, 0.15) is 0 Å². The van der Waals surface area contributed by atoms with E-state index in [1.54, 1.807) is 23.3 Å². The number of likely N-dealkylation sites (N-methyl/N-ethyl adjacent to an activating group) is 2. The highest BCUT2D eigenvalue weighted by Crippen LogP contribution is 2.12. The van der Waals surface area contributed by atoms with Crippen LogP contribution in [0, 0.1) is 0 Å². The van der Waals surface area contributed by atoms with E-state index in [9.17, 15) is 0 Å². The fraction of sp³-hybridized carbons (Fsp3) is 0.455. The molecule has 0 N–H and O–H groups in total. The van der Waals surface area contributed by atoms with Crippen molar-refractivity contribution in [3.05, 3.63) is 24.0 Å². The zero-order valence-electron chi connectivity index (χ0n) is 11.2. The highest BCUT2D eigenvalue weighted by molar-refractivity contribution is 6.28. The van der Waals surface area contributed by atoms with Crippen molar-refractivity contribution < 1.29 is 0 Å². The van der Waals surface area contributed by atoms with Gasteiger partial charge in [0.15, 0.2) is 0 Å². The van der Waals surface area contributed by atoms with Crippen molar-refractivity contribution in [2.45, 2.75) is 0 Å². The molecule has 0 atom stereocenters. The zero-order valence-corrected chi connectivity index (χ0v) is 11.9. The molecule has 0 aliphatic carbocycles. The first-order valence-electron chi connectivity index (χ1n) is 5.82. The maximum Gasteiger partial charge on any atom is 0.241 e. The third-order valence-corrected chi connectivity index (χ3v) is 2.71. The Labute approximate surface area is 116 Å². The van der Waals surface area contributed by atoms with Crippen molar-refractivity contribution in [3.8, 4) is 5.95 Å². The van der Waals surface area contributed by atoms with Crippen LogP contribution in [0.25, 0.3) is 5.95 Å². The van der Waals surface area contributed by atoms with Gasteiger partial charge in [-0.2, -0.15) is 15.0 Å². The molecule has 0 unspecified atom stereocenters. The maximum atomic E-state index is 5.94. The summed E-state index contributed by atoms with van der Waals surface area (Å²) in [5, 5.41) is 0.172. The highest BCUT2D eigenvalue weighted by Gasteiger charge is 2.10. The van der Waals surface area contributed by atoms with Gasteiger partial charge in [-0.25, -0.2) is 4.98 Å².